The van der Waals surface area contributed by atoms with E-state index < -0.39 is 0 Å². The van der Waals surface area contributed by atoms with Gasteiger partial charge in [0, 0.05) is 0 Å². The van der Waals surface area contributed by atoms with Crippen molar-refractivity contribution in [1.82, 2.24) is 0 Å². The van der Waals surface area contributed by atoms with E-state index in [0.717, 1.165) is 12.3 Å². The Morgan fingerprint density at radius 3 is 2.14 bits per heavy atom. The molecule has 0 bridgehead atoms. The van der Waals surface area contributed by atoms with Crippen LogP contribution in [-0.2, 0) is 0 Å². The van der Waals surface area contributed by atoms with Gasteiger partial charge in [-0.2, -0.15) is 0 Å². The summed E-state index contributed by atoms with van der Waals surface area (Å²) in [4.78, 5) is -0.118. The van der Waals surface area contributed by atoms with Gasteiger partial charge in [0.05, 0.1) is 0 Å². The topological polar surface area (TPSA) is 0 Å². The van der Waals surface area contributed by atoms with Crippen molar-refractivity contribution in [2.45, 2.75) is 24.1 Å². The lowest BCUT2D eigenvalue weighted by molar-refractivity contribution is 0.778. The zero-order valence-electron chi connectivity index (χ0n) is 4.03. The molecule has 1 fully saturated rings. The van der Waals surface area contributed by atoms with Gasteiger partial charge >= 0.3 is 0 Å². The molecule has 0 atom stereocenters. The summed E-state index contributed by atoms with van der Waals surface area (Å²) in [6.45, 7) is 0. The number of alkyl halides is 2. The van der Waals surface area contributed by atoms with Crippen LogP contribution < -0.4 is 0 Å². The molecule has 1 aliphatic carbocycles. The third kappa shape index (κ3) is 2.40. The SMILES string of the molecule is ClC(Cl)CC1CC1. The molecule has 0 radical (unpaired) electrons. The van der Waals surface area contributed by atoms with E-state index in [1.54, 1.807) is 0 Å². The minimum absolute atomic E-state index is 0.118. The second kappa shape index (κ2) is 2.23. The molecule has 0 N–H and O–H groups in total. The van der Waals surface area contributed by atoms with Gasteiger partial charge in [0.1, 0.15) is 4.84 Å². The molecule has 1 saturated carbocycles. The fourth-order valence-electron chi connectivity index (χ4n) is 0.606. The summed E-state index contributed by atoms with van der Waals surface area (Å²) in [7, 11) is 0. The van der Waals surface area contributed by atoms with E-state index in [0.29, 0.717) is 0 Å². The highest BCUT2D eigenvalue weighted by Gasteiger charge is 2.23. The maximum Gasteiger partial charge on any atom is 0.108 e. The van der Waals surface area contributed by atoms with Gasteiger partial charge in [0.2, 0.25) is 0 Å². The molecule has 42 valence electrons. The van der Waals surface area contributed by atoms with E-state index in [-0.39, 0.29) is 4.84 Å². The lowest BCUT2D eigenvalue weighted by Crippen LogP contribution is -1.85. The van der Waals surface area contributed by atoms with E-state index in [1.165, 1.54) is 12.8 Å². The van der Waals surface area contributed by atoms with Crippen LogP contribution in [0.3, 0.4) is 0 Å². The van der Waals surface area contributed by atoms with Gasteiger partial charge in [-0.3, -0.25) is 0 Å². The predicted octanol–water partition coefficient (Wildman–Crippen LogP) is 2.59. The minimum Gasteiger partial charge on any atom is -0.105 e. The van der Waals surface area contributed by atoms with Crippen molar-refractivity contribution in [2.24, 2.45) is 5.92 Å². The standard InChI is InChI=1S/C5H8Cl2/c6-5(7)3-4-1-2-4/h4-5H,1-3H2. The van der Waals surface area contributed by atoms with E-state index in [9.17, 15) is 0 Å². The average molecular weight is 139 g/mol. The third-order valence-electron chi connectivity index (χ3n) is 1.21. The van der Waals surface area contributed by atoms with Crippen LogP contribution in [0.1, 0.15) is 19.3 Å². The van der Waals surface area contributed by atoms with Crippen molar-refractivity contribution < 1.29 is 0 Å². The first-order chi connectivity index (χ1) is 3.29. The molecule has 0 spiro atoms. The van der Waals surface area contributed by atoms with Gasteiger partial charge in [-0.05, 0) is 12.3 Å². The Morgan fingerprint density at radius 1 is 1.43 bits per heavy atom. The van der Waals surface area contributed by atoms with Crippen molar-refractivity contribution >= 4 is 23.2 Å². The summed E-state index contributed by atoms with van der Waals surface area (Å²) in [5, 5.41) is 0. The molecular weight excluding hydrogens is 131 g/mol. The maximum atomic E-state index is 5.48. The predicted molar refractivity (Wildman–Crippen MR) is 32.8 cm³/mol. The van der Waals surface area contributed by atoms with E-state index in [1.807, 2.05) is 0 Å². The van der Waals surface area contributed by atoms with Crippen LogP contribution in [-0.4, -0.2) is 4.84 Å². The first-order valence-corrected chi connectivity index (χ1v) is 3.44. The van der Waals surface area contributed by atoms with E-state index >= 15 is 0 Å². The lowest BCUT2D eigenvalue weighted by atomic mass is 10.3. The molecule has 0 aliphatic heterocycles. The summed E-state index contributed by atoms with van der Waals surface area (Å²) in [6, 6.07) is 0. The Bertz CT molecular complexity index is 57.1. The maximum absolute atomic E-state index is 5.48. The third-order valence-corrected chi connectivity index (χ3v) is 1.56. The molecule has 2 heteroatoms. The average Bonchev–Trinajstić information content (AvgIpc) is 2.17. The highest BCUT2D eigenvalue weighted by atomic mass is 35.5. The van der Waals surface area contributed by atoms with E-state index in [4.69, 9.17) is 23.2 Å². The summed E-state index contributed by atoms with van der Waals surface area (Å²) in [6.07, 6.45) is 3.69. The van der Waals surface area contributed by atoms with Crippen LogP contribution in [0.2, 0.25) is 0 Å². The van der Waals surface area contributed by atoms with Crippen molar-refractivity contribution in [3.63, 3.8) is 0 Å². The molecule has 0 unspecified atom stereocenters. The Kier molecular flexibility index (Phi) is 1.82. The summed E-state index contributed by atoms with van der Waals surface area (Å²) in [5.41, 5.74) is 0. The first kappa shape index (κ1) is 5.71. The van der Waals surface area contributed by atoms with Crippen LogP contribution in [0.15, 0.2) is 0 Å². The summed E-state index contributed by atoms with van der Waals surface area (Å²) < 4.78 is 0. The molecule has 0 aromatic rings. The van der Waals surface area contributed by atoms with Crippen molar-refractivity contribution in [1.29, 1.82) is 0 Å². The Balaban J connectivity index is 1.97. The molecular formula is C5H8Cl2. The Labute approximate surface area is 53.8 Å². The van der Waals surface area contributed by atoms with Crippen LogP contribution in [0.25, 0.3) is 0 Å². The van der Waals surface area contributed by atoms with Crippen molar-refractivity contribution in [3.8, 4) is 0 Å². The molecule has 0 heterocycles. The number of rotatable bonds is 2. The zero-order valence-corrected chi connectivity index (χ0v) is 5.54. The molecule has 0 aromatic carbocycles. The van der Waals surface area contributed by atoms with Crippen LogP contribution >= 0.6 is 23.2 Å². The lowest BCUT2D eigenvalue weighted by Gasteiger charge is -1.93. The normalized spacial score (nSPS) is 21.0. The van der Waals surface area contributed by atoms with E-state index in [2.05, 4.69) is 0 Å². The molecule has 1 rings (SSSR count). The fraction of sp³-hybridized carbons (Fsp3) is 1.00. The Morgan fingerprint density at radius 2 is 2.00 bits per heavy atom. The van der Waals surface area contributed by atoms with Crippen LogP contribution in [0, 0.1) is 5.92 Å². The molecule has 7 heavy (non-hydrogen) atoms. The minimum atomic E-state index is -0.118. The van der Waals surface area contributed by atoms with Gasteiger partial charge in [0.15, 0.2) is 0 Å². The van der Waals surface area contributed by atoms with Gasteiger partial charge in [0.25, 0.3) is 0 Å². The molecule has 0 saturated heterocycles. The monoisotopic (exact) mass is 138 g/mol. The van der Waals surface area contributed by atoms with Crippen molar-refractivity contribution in [3.05, 3.63) is 0 Å². The second-order valence-corrected chi connectivity index (χ2v) is 3.35. The molecule has 0 amide bonds. The second-order valence-electron chi connectivity index (χ2n) is 2.07. The first-order valence-electron chi connectivity index (χ1n) is 2.57. The quantitative estimate of drug-likeness (QED) is 0.515. The van der Waals surface area contributed by atoms with Gasteiger partial charge in [-0.25, -0.2) is 0 Å². The molecule has 1 aliphatic rings. The number of halogens is 2. The zero-order chi connectivity index (χ0) is 5.28. The van der Waals surface area contributed by atoms with Crippen LogP contribution in [0.5, 0.6) is 0 Å². The number of hydrogen-bond acceptors (Lipinski definition) is 0. The van der Waals surface area contributed by atoms with Gasteiger partial charge in [-0.15, -0.1) is 23.2 Å². The Hall–Kier alpha value is 0.580. The van der Waals surface area contributed by atoms with Crippen LogP contribution in [0.4, 0.5) is 0 Å². The highest BCUT2D eigenvalue weighted by molar-refractivity contribution is 6.44. The largest absolute Gasteiger partial charge is 0.108 e. The summed E-state index contributed by atoms with van der Waals surface area (Å²) >= 11 is 11.0. The van der Waals surface area contributed by atoms with Gasteiger partial charge < -0.3 is 0 Å². The smallest absolute Gasteiger partial charge is 0.105 e. The molecule has 0 aromatic heterocycles. The number of hydrogen-bond donors (Lipinski definition) is 0. The summed E-state index contributed by atoms with van der Waals surface area (Å²) in [5.74, 6) is 0.861. The highest BCUT2D eigenvalue weighted by Crippen LogP contribution is 2.35. The fourth-order valence-corrected chi connectivity index (χ4v) is 1.11. The molecule has 0 nitrogen and oxygen atoms in total. The van der Waals surface area contributed by atoms with Gasteiger partial charge in [-0.1, -0.05) is 12.8 Å². The van der Waals surface area contributed by atoms with Crippen molar-refractivity contribution in [2.75, 3.05) is 0 Å².